The molecule has 0 radical (unpaired) electrons. The Balaban J connectivity index is 1.82. The molecule has 1 atom stereocenters. The van der Waals surface area contributed by atoms with E-state index < -0.39 is 0 Å². The maximum Gasteiger partial charge on any atom is 0.253 e. The molecule has 2 N–H and O–H groups in total. The maximum atomic E-state index is 11.9. The van der Waals surface area contributed by atoms with Crippen LogP contribution < -0.4 is 5.32 Å². The van der Waals surface area contributed by atoms with E-state index in [9.17, 15) is 9.59 Å². The number of likely N-dealkylation sites (tertiary alicyclic amines) is 1. The van der Waals surface area contributed by atoms with Crippen LogP contribution in [0.5, 0.6) is 0 Å². The van der Waals surface area contributed by atoms with E-state index in [0.717, 1.165) is 6.42 Å². The van der Waals surface area contributed by atoms with Gasteiger partial charge in [-0.05, 0) is 26.6 Å². The summed E-state index contributed by atoms with van der Waals surface area (Å²) in [6.07, 6.45) is 4.20. The van der Waals surface area contributed by atoms with Crippen LogP contribution in [0, 0.1) is 0 Å². The van der Waals surface area contributed by atoms with Gasteiger partial charge in [-0.25, -0.2) is 0 Å². The van der Waals surface area contributed by atoms with Gasteiger partial charge in [0.05, 0.1) is 12.1 Å². The highest BCUT2D eigenvalue weighted by Gasteiger charge is 2.27. The zero-order valence-corrected chi connectivity index (χ0v) is 11.3. The summed E-state index contributed by atoms with van der Waals surface area (Å²) in [7, 11) is 3.75. The van der Waals surface area contributed by atoms with Gasteiger partial charge in [-0.3, -0.25) is 9.59 Å². The van der Waals surface area contributed by atoms with Crippen molar-refractivity contribution < 1.29 is 9.59 Å². The lowest BCUT2D eigenvalue weighted by atomic mass is 10.2. The highest BCUT2D eigenvalue weighted by atomic mass is 16.2. The summed E-state index contributed by atoms with van der Waals surface area (Å²) in [6, 6.07) is 1.78. The van der Waals surface area contributed by atoms with Gasteiger partial charge >= 0.3 is 0 Å². The molecule has 1 aromatic rings. The first-order valence-electron chi connectivity index (χ1n) is 6.42. The number of rotatable bonds is 4. The van der Waals surface area contributed by atoms with Crippen LogP contribution in [0.4, 0.5) is 0 Å². The number of hydrogen-bond donors (Lipinski definition) is 2. The Morgan fingerprint density at radius 1 is 1.53 bits per heavy atom. The van der Waals surface area contributed by atoms with Crippen molar-refractivity contribution in [1.29, 1.82) is 0 Å². The average Bonchev–Trinajstić information content (AvgIpc) is 2.98. The number of aromatic nitrogens is 1. The molecule has 1 aliphatic rings. The second kappa shape index (κ2) is 5.88. The minimum absolute atomic E-state index is 0.0495. The van der Waals surface area contributed by atoms with Crippen molar-refractivity contribution >= 4 is 11.8 Å². The molecule has 104 valence electrons. The molecule has 2 heterocycles. The second-order valence-corrected chi connectivity index (χ2v) is 5.14. The number of H-pyrrole nitrogens is 1. The fourth-order valence-electron chi connectivity index (χ4n) is 2.21. The summed E-state index contributed by atoms with van der Waals surface area (Å²) >= 11 is 0. The number of nitrogens with one attached hydrogen (secondary N) is 2. The SMILES string of the molecule is CN(C)CC(=O)N1CC[C@H](NC(=O)c2cc[nH]c2)C1. The molecule has 0 saturated carbocycles. The third-order valence-corrected chi connectivity index (χ3v) is 3.19. The van der Waals surface area contributed by atoms with Crippen molar-refractivity contribution in [2.75, 3.05) is 33.7 Å². The van der Waals surface area contributed by atoms with Crippen molar-refractivity contribution in [2.45, 2.75) is 12.5 Å². The summed E-state index contributed by atoms with van der Waals surface area (Å²) in [5, 5.41) is 2.95. The van der Waals surface area contributed by atoms with Gasteiger partial charge in [-0.1, -0.05) is 0 Å². The lowest BCUT2D eigenvalue weighted by Crippen LogP contribution is -2.40. The minimum atomic E-state index is -0.0897. The fourth-order valence-corrected chi connectivity index (χ4v) is 2.21. The molecule has 0 aliphatic carbocycles. The molecule has 1 aliphatic heterocycles. The molecule has 6 nitrogen and oxygen atoms in total. The third-order valence-electron chi connectivity index (χ3n) is 3.19. The standard InChI is InChI=1S/C13H20N4O2/c1-16(2)9-12(18)17-6-4-11(8-17)15-13(19)10-3-5-14-7-10/h3,5,7,11,14H,4,6,8-9H2,1-2H3,(H,15,19)/t11-/m0/s1. The topological polar surface area (TPSA) is 68.4 Å². The average molecular weight is 264 g/mol. The monoisotopic (exact) mass is 264 g/mol. The number of carbonyl (C=O) groups is 2. The molecule has 1 fully saturated rings. The number of nitrogens with zero attached hydrogens (tertiary/aromatic N) is 2. The van der Waals surface area contributed by atoms with Gasteiger partial charge in [-0.2, -0.15) is 0 Å². The third kappa shape index (κ3) is 3.57. The van der Waals surface area contributed by atoms with Crippen molar-refractivity contribution in [3.63, 3.8) is 0 Å². The molecular formula is C13H20N4O2. The van der Waals surface area contributed by atoms with Gasteiger partial charge in [0.1, 0.15) is 0 Å². The summed E-state index contributed by atoms with van der Waals surface area (Å²) in [5.41, 5.74) is 0.623. The van der Waals surface area contributed by atoms with E-state index >= 15 is 0 Å². The largest absolute Gasteiger partial charge is 0.367 e. The summed E-state index contributed by atoms with van der Waals surface area (Å²) < 4.78 is 0. The van der Waals surface area contributed by atoms with Crippen LogP contribution in [0.2, 0.25) is 0 Å². The number of amides is 2. The summed E-state index contributed by atoms with van der Waals surface area (Å²) in [4.78, 5) is 30.3. The van der Waals surface area contributed by atoms with Crippen LogP contribution in [0.3, 0.4) is 0 Å². The molecule has 1 saturated heterocycles. The minimum Gasteiger partial charge on any atom is -0.367 e. The smallest absolute Gasteiger partial charge is 0.253 e. The van der Waals surface area contributed by atoms with E-state index in [4.69, 9.17) is 0 Å². The fraction of sp³-hybridized carbons (Fsp3) is 0.538. The first kappa shape index (κ1) is 13.6. The Morgan fingerprint density at radius 3 is 2.95 bits per heavy atom. The van der Waals surface area contributed by atoms with Crippen molar-refractivity contribution in [2.24, 2.45) is 0 Å². The highest BCUT2D eigenvalue weighted by Crippen LogP contribution is 2.10. The van der Waals surface area contributed by atoms with Crippen LogP contribution in [-0.2, 0) is 4.79 Å². The van der Waals surface area contributed by atoms with Gasteiger partial charge < -0.3 is 20.1 Å². The Bertz CT molecular complexity index is 442. The summed E-state index contributed by atoms with van der Waals surface area (Å²) in [6.45, 7) is 1.73. The predicted molar refractivity (Wildman–Crippen MR) is 71.8 cm³/mol. The number of hydrogen-bond acceptors (Lipinski definition) is 3. The zero-order chi connectivity index (χ0) is 13.8. The van der Waals surface area contributed by atoms with Gasteiger partial charge in [-0.15, -0.1) is 0 Å². The molecule has 19 heavy (non-hydrogen) atoms. The van der Waals surface area contributed by atoms with Crippen LogP contribution in [0.15, 0.2) is 18.5 Å². The van der Waals surface area contributed by atoms with Crippen LogP contribution in [-0.4, -0.2) is 66.4 Å². The number of likely N-dealkylation sites (N-methyl/N-ethyl adjacent to an activating group) is 1. The Hall–Kier alpha value is -1.82. The number of aromatic amines is 1. The normalized spacial score (nSPS) is 18.9. The lowest BCUT2D eigenvalue weighted by Gasteiger charge is -2.19. The molecule has 0 aromatic carbocycles. The molecule has 0 bridgehead atoms. The zero-order valence-electron chi connectivity index (χ0n) is 11.3. The Kier molecular flexibility index (Phi) is 4.21. The lowest BCUT2D eigenvalue weighted by molar-refractivity contribution is -0.130. The molecule has 2 rings (SSSR count). The molecule has 1 aromatic heterocycles. The van der Waals surface area contributed by atoms with Gasteiger partial charge in [0, 0.05) is 31.5 Å². The molecule has 2 amide bonds. The van der Waals surface area contributed by atoms with Gasteiger partial charge in [0.15, 0.2) is 0 Å². The second-order valence-electron chi connectivity index (χ2n) is 5.14. The van der Waals surface area contributed by atoms with E-state index in [-0.39, 0.29) is 17.9 Å². The van der Waals surface area contributed by atoms with E-state index in [0.29, 0.717) is 25.2 Å². The van der Waals surface area contributed by atoms with Gasteiger partial charge in [0.2, 0.25) is 5.91 Å². The Labute approximate surface area is 112 Å². The van der Waals surface area contributed by atoms with Crippen LogP contribution in [0.25, 0.3) is 0 Å². The van der Waals surface area contributed by atoms with Crippen LogP contribution in [0.1, 0.15) is 16.8 Å². The first-order chi connectivity index (χ1) is 9.06. The van der Waals surface area contributed by atoms with Gasteiger partial charge in [0.25, 0.3) is 5.91 Å². The predicted octanol–water partition coefficient (Wildman–Crippen LogP) is -0.0930. The van der Waals surface area contributed by atoms with E-state index in [1.165, 1.54) is 0 Å². The Morgan fingerprint density at radius 2 is 2.32 bits per heavy atom. The van der Waals surface area contributed by atoms with Crippen molar-refractivity contribution in [3.8, 4) is 0 Å². The highest BCUT2D eigenvalue weighted by molar-refractivity contribution is 5.94. The first-order valence-corrected chi connectivity index (χ1v) is 6.42. The molecule has 0 spiro atoms. The van der Waals surface area contributed by atoms with E-state index in [1.807, 2.05) is 23.9 Å². The van der Waals surface area contributed by atoms with Crippen molar-refractivity contribution in [3.05, 3.63) is 24.0 Å². The molecule has 6 heteroatoms. The van der Waals surface area contributed by atoms with E-state index in [2.05, 4.69) is 10.3 Å². The molecule has 0 unspecified atom stereocenters. The van der Waals surface area contributed by atoms with E-state index in [1.54, 1.807) is 18.5 Å². The molecular weight excluding hydrogens is 244 g/mol. The summed E-state index contributed by atoms with van der Waals surface area (Å²) in [5.74, 6) is 0.0246. The quantitative estimate of drug-likeness (QED) is 0.798. The van der Waals surface area contributed by atoms with Crippen LogP contribution >= 0.6 is 0 Å². The number of carbonyl (C=O) groups excluding carboxylic acids is 2. The van der Waals surface area contributed by atoms with Crippen molar-refractivity contribution in [1.82, 2.24) is 20.1 Å². The maximum absolute atomic E-state index is 11.9.